The fourth-order valence-corrected chi connectivity index (χ4v) is 4.76. The zero-order valence-corrected chi connectivity index (χ0v) is 28.9. The maximum Gasteiger partial charge on any atom is 0.230 e. The second-order valence-corrected chi connectivity index (χ2v) is 11.3. The van der Waals surface area contributed by atoms with Gasteiger partial charge in [0.1, 0.15) is 35.7 Å². The topological polar surface area (TPSA) is 103 Å². The van der Waals surface area contributed by atoms with E-state index in [0.717, 1.165) is 66.5 Å². The molecule has 0 radical (unpaired) electrons. The van der Waals surface area contributed by atoms with Gasteiger partial charge in [-0.15, -0.1) is 6.58 Å². The molecule has 10 heteroatoms. The molecule has 268 valence electrons. The first-order chi connectivity index (χ1) is 24.0. The molecule has 0 aliphatic rings. The van der Waals surface area contributed by atoms with Crippen molar-refractivity contribution in [3.63, 3.8) is 0 Å². The maximum absolute atomic E-state index is 9.78. The van der Waals surface area contributed by atoms with E-state index in [2.05, 4.69) is 13.2 Å². The van der Waals surface area contributed by atoms with Gasteiger partial charge in [0.15, 0.2) is 0 Å². The molecule has 0 heterocycles. The zero-order valence-electron chi connectivity index (χ0n) is 28.9. The second kappa shape index (κ2) is 24.3. The third-order valence-corrected chi connectivity index (χ3v) is 7.41. The normalized spacial score (nSPS) is 11.6. The molecule has 10 nitrogen and oxygen atoms in total. The summed E-state index contributed by atoms with van der Waals surface area (Å²) in [5.74, 6) is 2.71. The van der Waals surface area contributed by atoms with Crippen molar-refractivity contribution in [2.45, 2.75) is 51.6 Å². The summed E-state index contributed by atoms with van der Waals surface area (Å²) in [6, 6.07) is 20.6. The fourth-order valence-electron chi connectivity index (χ4n) is 4.76. The van der Waals surface area contributed by atoms with E-state index in [1.165, 1.54) is 0 Å². The van der Waals surface area contributed by atoms with Gasteiger partial charge in [0.2, 0.25) is 6.79 Å². The summed E-state index contributed by atoms with van der Waals surface area (Å²) >= 11 is 0. The molecule has 0 fully saturated rings. The van der Waals surface area contributed by atoms with Gasteiger partial charge in [-0.2, -0.15) is 0 Å². The Morgan fingerprint density at radius 3 is 2.06 bits per heavy atom. The lowest BCUT2D eigenvalue weighted by atomic mass is 9.98. The number of ether oxygens (including phenoxy) is 6. The van der Waals surface area contributed by atoms with Crippen LogP contribution in [0.5, 0.6) is 17.2 Å². The van der Waals surface area contributed by atoms with E-state index < -0.39 is 6.10 Å². The van der Waals surface area contributed by atoms with Gasteiger partial charge in [-0.05, 0) is 85.7 Å². The summed E-state index contributed by atoms with van der Waals surface area (Å²) in [7, 11) is 1.68. The monoisotopic (exact) mass is 680 g/mol. The molecule has 3 aromatic carbocycles. The largest absolute Gasteiger partial charge is 0.494 e. The second-order valence-electron chi connectivity index (χ2n) is 11.3. The molecule has 3 rings (SSSR count). The van der Waals surface area contributed by atoms with Crippen LogP contribution < -0.4 is 14.2 Å². The minimum atomic E-state index is -0.676. The molecular weight excluding hydrogens is 628 g/mol. The quantitative estimate of drug-likeness (QED) is 0.0201. The predicted octanol–water partition coefficient (Wildman–Crippen LogP) is 8.49. The molecule has 0 saturated carbocycles. The Balaban J connectivity index is 1.36. The molecule has 1 N–H and O–H groups in total. The third-order valence-electron chi connectivity index (χ3n) is 7.41. The van der Waals surface area contributed by atoms with E-state index in [-0.39, 0.29) is 6.79 Å². The SMILES string of the molecule is C=CCOOCCCCCCOc1ccc(OCOc2ccc(C(OO)c3ccc(C(=C)OCCCOCCCOC)cc3)cc2C)cc1. The Morgan fingerprint density at radius 2 is 1.39 bits per heavy atom. The van der Waals surface area contributed by atoms with E-state index in [1.807, 2.05) is 73.7 Å². The van der Waals surface area contributed by atoms with E-state index in [0.29, 0.717) is 63.5 Å². The highest BCUT2D eigenvalue weighted by Gasteiger charge is 2.17. The van der Waals surface area contributed by atoms with Gasteiger partial charge in [0.05, 0.1) is 19.8 Å². The molecule has 1 unspecified atom stereocenters. The van der Waals surface area contributed by atoms with Crippen molar-refractivity contribution in [1.29, 1.82) is 0 Å². The highest BCUT2D eigenvalue weighted by atomic mass is 17.2. The highest BCUT2D eigenvalue weighted by molar-refractivity contribution is 5.58. The standard InChI is InChI=1S/C39H52O10/c1-5-22-47-48-28-9-7-6-8-26-44-36-17-19-37(20-18-36)45-30-46-38-21-16-35(29-31(38)2)39(49-40)34-14-12-33(13-15-34)32(3)43-27-11-25-42-24-10-23-41-4/h5,12-21,29,39-40H,1,3,6-11,22-28,30H2,2,4H3. The van der Waals surface area contributed by atoms with Gasteiger partial charge in [0, 0.05) is 38.9 Å². The van der Waals surface area contributed by atoms with Crippen molar-refractivity contribution in [3.05, 3.63) is 108 Å². The zero-order chi connectivity index (χ0) is 34.9. The van der Waals surface area contributed by atoms with Gasteiger partial charge < -0.3 is 28.4 Å². The molecular formula is C39H52O10. The maximum atomic E-state index is 9.78. The van der Waals surface area contributed by atoms with Crippen LogP contribution in [0.2, 0.25) is 0 Å². The van der Waals surface area contributed by atoms with Crippen molar-refractivity contribution in [3.8, 4) is 17.2 Å². The van der Waals surface area contributed by atoms with E-state index in [9.17, 15) is 5.26 Å². The van der Waals surface area contributed by atoms with Crippen molar-refractivity contribution in [2.75, 3.05) is 60.2 Å². The lowest BCUT2D eigenvalue weighted by Crippen LogP contribution is -2.08. The van der Waals surface area contributed by atoms with E-state index in [4.69, 9.17) is 43.1 Å². The molecule has 0 aromatic heterocycles. The first kappa shape index (κ1) is 39.5. The van der Waals surface area contributed by atoms with Crippen LogP contribution in [0.3, 0.4) is 0 Å². The molecule has 0 aliphatic heterocycles. The Labute approximate surface area is 291 Å². The average Bonchev–Trinajstić information content (AvgIpc) is 3.12. The Kier molecular flexibility index (Phi) is 19.6. The molecule has 0 amide bonds. The Bertz CT molecular complexity index is 1330. The molecule has 0 aliphatic carbocycles. The van der Waals surface area contributed by atoms with Crippen LogP contribution in [0.25, 0.3) is 5.76 Å². The van der Waals surface area contributed by atoms with Crippen molar-refractivity contribution in [2.24, 2.45) is 0 Å². The Morgan fingerprint density at radius 1 is 0.714 bits per heavy atom. The van der Waals surface area contributed by atoms with Crippen molar-refractivity contribution >= 4 is 5.76 Å². The van der Waals surface area contributed by atoms with Crippen LogP contribution in [-0.4, -0.2) is 65.4 Å². The summed E-state index contributed by atoms with van der Waals surface area (Å²) < 4.78 is 33.8. The fraction of sp³-hybridized carbons (Fsp3) is 0.436. The molecule has 0 spiro atoms. The highest BCUT2D eigenvalue weighted by Crippen LogP contribution is 2.30. The number of benzene rings is 3. The summed E-state index contributed by atoms with van der Waals surface area (Å²) in [6.45, 7) is 13.7. The number of aryl methyl sites for hydroxylation is 1. The predicted molar refractivity (Wildman–Crippen MR) is 189 cm³/mol. The van der Waals surface area contributed by atoms with Crippen molar-refractivity contribution < 1.29 is 48.3 Å². The van der Waals surface area contributed by atoms with E-state index >= 15 is 0 Å². The summed E-state index contributed by atoms with van der Waals surface area (Å²) in [6.07, 6.45) is 6.66. The smallest absolute Gasteiger partial charge is 0.230 e. The van der Waals surface area contributed by atoms with Crippen molar-refractivity contribution in [1.82, 2.24) is 0 Å². The first-order valence-corrected chi connectivity index (χ1v) is 16.8. The lowest BCUT2D eigenvalue weighted by molar-refractivity contribution is -0.286. The van der Waals surface area contributed by atoms with Gasteiger partial charge in [-0.1, -0.05) is 49.4 Å². The molecule has 1 atom stereocenters. The van der Waals surface area contributed by atoms with E-state index in [1.54, 1.807) is 13.2 Å². The number of methoxy groups -OCH3 is 1. The summed E-state index contributed by atoms with van der Waals surface area (Å²) in [5.41, 5.74) is 3.29. The molecule has 49 heavy (non-hydrogen) atoms. The van der Waals surface area contributed by atoms with Crippen LogP contribution in [-0.2, 0) is 28.9 Å². The van der Waals surface area contributed by atoms with Crippen LogP contribution in [0.4, 0.5) is 0 Å². The first-order valence-electron chi connectivity index (χ1n) is 16.8. The Hall–Kier alpha value is -3.90. The summed E-state index contributed by atoms with van der Waals surface area (Å²) in [4.78, 5) is 14.8. The minimum Gasteiger partial charge on any atom is -0.494 e. The molecule has 0 bridgehead atoms. The minimum absolute atomic E-state index is 0.0392. The number of unbranched alkanes of at least 4 members (excludes halogenated alkanes) is 3. The number of hydrogen-bond acceptors (Lipinski definition) is 10. The molecule has 3 aromatic rings. The number of rotatable bonds is 28. The summed E-state index contributed by atoms with van der Waals surface area (Å²) in [5, 5.41) is 9.78. The molecule has 0 saturated heterocycles. The van der Waals surface area contributed by atoms with Gasteiger partial charge in [-0.3, -0.25) is 5.26 Å². The van der Waals surface area contributed by atoms with Crippen LogP contribution >= 0.6 is 0 Å². The van der Waals surface area contributed by atoms with Crippen LogP contribution in [0.1, 0.15) is 66.9 Å². The third kappa shape index (κ3) is 15.5. The van der Waals surface area contributed by atoms with Crippen LogP contribution in [0, 0.1) is 6.92 Å². The van der Waals surface area contributed by atoms with Gasteiger partial charge in [-0.25, -0.2) is 14.7 Å². The van der Waals surface area contributed by atoms with Crippen LogP contribution in [0.15, 0.2) is 86.0 Å². The number of hydrogen-bond donors (Lipinski definition) is 1. The average molecular weight is 681 g/mol. The lowest BCUT2D eigenvalue weighted by Gasteiger charge is -2.17. The van der Waals surface area contributed by atoms with Gasteiger partial charge >= 0.3 is 0 Å². The van der Waals surface area contributed by atoms with Gasteiger partial charge in [0.25, 0.3) is 0 Å².